The van der Waals surface area contributed by atoms with Crippen molar-refractivity contribution >= 4 is 58.1 Å². The van der Waals surface area contributed by atoms with Crippen molar-refractivity contribution in [2.75, 3.05) is 38.6 Å². The van der Waals surface area contributed by atoms with Crippen LogP contribution in [0.15, 0.2) is 54.6 Å². The maximum Gasteiger partial charge on any atom is 0.326 e. The summed E-state index contributed by atoms with van der Waals surface area (Å²) < 4.78 is 0. The molecule has 1 fully saturated rings. The van der Waals surface area contributed by atoms with Crippen LogP contribution in [0.2, 0.25) is 15.1 Å². The number of urea groups is 1. The van der Waals surface area contributed by atoms with E-state index in [1.165, 1.54) is 0 Å². The van der Waals surface area contributed by atoms with Crippen LogP contribution in [0.4, 0.5) is 16.2 Å². The van der Waals surface area contributed by atoms with E-state index in [2.05, 4.69) is 24.4 Å². The molecule has 0 aromatic heterocycles. The molecule has 2 heterocycles. The van der Waals surface area contributed by atoms with Gasteiger partial charge >= 0.3 is 6.03 Å². The van der Waals surface area contributed by atoms with Crippen molar-refractivity contribution in [3.63, 3.8) is 0 Å². The standard InChI is InChI=1S/C29H29Cl3N4O2/c1-17-14-35(27(37)16-34(2)3)15-22(17)18-11-20(19-7-4-5-8-23(19)30)21-13-33-29(38)36(26(21)12-18)28-24(31)9-6-10-25(28)32/h4-12,17,22H,13-16H2,1-3H3,(H,33,38)/t17-,22?/m0/s1. The van der Waals surface area contributed by atoms with Crippen LogP contribution in [0.25, 0.3) is 11.1 Å². The number of carbonyl (C=O) groups excluding carboxylic acids is 2. The number of hydrogen-bond acceptors (Lipinski definition) is 3. The third kappa shape index (κ3) is 4.98. The highest BCUT2D eigenvalue weighted by atomic mass is 35.5. The van der Waals surface area contributed by atoms with E-state index in [1.807, 2.05) is 48.2 Å². The van der Waals surface area contributed by atoms with Gasteiger partial charge in [-0.15, -0.1) is 0 Å². The number of carbonyl (C=O) groups is 2. The van der Waals surface area contributed by atoms with Crippen molar-refractivity contribution in [1.29, 1.82) is 0 Å². The number of para-hydroxylation sites is 1. The molecule has 198 valence electrons. The van der Waals surface area contributed by atoms with Gasteiger partial charge in [0.05, 0.1) is 28.0 Å². The monoisotopic (exact) mass is 570 g/mol. The fourth-order valence-corrected chi connectivity index (χ4v) is 6.25. The van der Waals surface area contributed by atoms with Crippen molar-refractivity contribution in [2.45, 2.75) is 19.4 Å². The van der Waals surface area contributed by atoms with Crippen LogP contribution >= 0.6 is 34.8 Å². The number of fused-ring (bicyclic) bond motifs is 1. The summed E-state index contributed by atoms with van der Waals surface area (Å²) in [5, 5.41) is 4.35. The number of nitrogens with one attached hydrogen (secondary N) is 1. The Bertz CT molecular complexity index is 1390. The van der Waals surface area contributed by atoms with Crippen LogP contribution in [-0.2, 0) is 11.3 Å². The fourth-order valence-electron chi connectivity index (χ4n) is 5.45. The zero-order chi connectivity index (χ0) is 27.1. The van der Waals surface area contributed by atoms with Crippen LogP contribution < -0.4 is 10.2 Å². The van der Waals surface area contributed by atoms with Crippen molar-refractivity contribution in [1.82, 2.24) is 15.1 Å². The van der Waals surface area contributed by atoms with E-state index in [-0.39, 0.29) is 23.8 Å². The third-order valence-corrected chi connectivity index (χ3v) is 8.22. The van der Waals surface area contributed by atoms with Crippen LogP contribution in [0.1, 0.15) is 24.0 Å². The zero-order valence-electron chi connectivity index (χ0n) is 21.5. The van der Waals surface area contributed by atoms with Crippen LogP contribution in [-0.4, -0.2) is 55.5 Å². The first-order chi connectivity index (χ1) is 18.2. The Morgan fingerprint density at radius 2 is 1.66 bits per heavy atom. The molecule has 1 N–H and O–H groups in total. The summed E-state index contributed by atoms with van der Waals surface area (Å²) in [5.41, 5.74) is 4.90. The van der Waals surface area contributed by atoms with Gasteiger partial charge in [0, 0.05) is 41.7 Å². The molecule has 6 nitrogen and oxygen atoms in total. The largest absolute Gasteiger partial charge is 0.341 e. The molecule has 0 spiro atoms. The quantitative estimate of drug-likeness (QED) is 0.366. The van der Waals surface area contributed by atoms with Gasteiger partial charge in [-0.05, 0) is 55.4 Å². The molecule has 0 saturated carbocycles. The molecule has 2 aliphatic rings. The topological polar surface area (TPSA) is 55.9 Å². The van der Waals surface area contributed by atoms with Crippen LogP contribution in [0.3, 0.4) is 0 Å². The van der Waals surface area contributed by atoms with E-state index in [0.717, 1.165) is 22.3 Å². The summed E-state index contributed by atoms with van der Waals surface area (Å²) in [6, 6.07) is 16.8. The summed E-state index contributed by atoms with van der Waals surface area (Å²) in [5.74, 6) is 0.423. The van der Waals surface area contributed by atoms with E-state index in [4.69, 9.17) is 34.8 Å². The summed E-state index contributed by atoms with van der Waals surface area (Å²) >= 11 is 19.9. The number of nitrogens with zero attached hydrogens (tertiary/aromatic N) is 3. The van der Waals surface area contributed by atoms with Gasteiger partial charge in [0.25, 0.3) is 0 Å². The predicted octanol–water partition coefficient (Wildman–Crippen LogP) is 6.80. The van der Waals surface area contributed by atoms with Crippen molar-refractivity contribution in [3.8, 4) is 11.1 Å². The number of rotatable bonds is 5. The Morgan fingerprint density at radius 1 is 0.974 bits per heavy atom. The molecule has 2 aliphatic heterocycles. The number of benzene rings is 3. The third-order valence-electron chi connectivity index (χ3n) is 7.28. The molecule has 0 bridgehead atoms. The number of halogens is 3. The lowest BCUT2D eigenvalue weighted by Crippen LogP contribution is -2.42. The smallest absolute Gasteiger partial charge is 0.326 e. The number of hydrogen-bond donors (Lipinski definition) is 1. The summed E-state index contributed by atoms with van der Waals surface area (Å²) in [6.45, 7) is 4.15. The lowest BCUT2D eigenvalue weighted by Gasteiger charge is -2.34. The Hall–Kier alpha value is -2.77. The van der Waals surface area contributed by atoms with Gasteiger partial charge in [-0.1, -0.05) is 72.1 Å². The van der Waals surface area contributed by atoms with Gasteiger partial charge < -0.3 is 15.1 Å². The highest BCUT2D eigenvalue weighted by Gasteiger charge is 2.37. The van der Waals surface area contributed by atoms with E-state index >= 15 is 0 Å². The number of likely N-dealkylation sites (N-methyl/N-ethyl adjacent to an activating group) is 1. The molecule has 2 atom stereocenters. The Morgan fingerprint density at radius 3 is 2.34 bits per heavy atom. The molecule has 3 aromatic rings. The van der Waals surface area contributed by atoms with Gasteiger partial charge in [-0.3, -0.25) is 9.69 Å². The minimum absolute atomic E-state index is 0.0844. The molecule has 3 aromatic carbocycles. The second-order valence-corrected chi connectivity index (χ2v) is 11.5. The lowest BCUT2D eigenvalue weighted by molar-refractivity contribution is -0.130. The second kappa shape index (κ2) is 10.8. The molecule has 0 radical (unpaired) electrons. The molecule has 0 aliphatic carbocycles. The lowest BCUT2D eigenvalue weighted by atomic mass is 9.85. The molecular weight excluding hydrogens is 543 g/mol. The second-order valence-electron chi connectivity index (χ2n) is 10.2. The summed E-state index contributed by atoms with van der Waals surface area (Å²) in [6.07, 6.45) is 0. The first-order valence-electron chi connectivity index (χ1n) is 12.5. The molecule has 1 saturated heterocycles. The van der Waals surface area contributed by atoms with Crippen molar-refractivity contribution < 1.29 is 9.59 Å². The molecule has 5 rings (SSSR count). The van der Waals surface area contributed by atoms with Crippen LogP contribution in [0.5, 0.6) is 0 Å². The minimum Gasteiger partial charge on any atom is -0.341 e. The molecule has 9 heteroatoms. The van der Waals surface area contributed by atoms with Gasteiger partial charge in [0.15, 0.2) is 0 Å². The summed E-state index contributed by atoms with van der Waals surface area (Å²) in [4.78, 5) is 31.6. The van der Waals surface area contributed by atoms with Gasteiger partial charge in [-0.2, -0.15) is 0 Å². The van der Waals surface area contributed by atoms with Crippen molar-refractivity contribution in [3.05, 3.63) is 80.8 Å². The Kier molecular flexibility index (Phi) is 7.60. The van der Waals surface area contributed by atoms with Gasteiger partial charge in [0.2, 0.25) is 5.91 Å². The van der Waals surface area contributed by atoms with E-state index in [1.54, 1.807) is 23.1 Å². The fraction of sp³-hybridized carbons (Fsp3) is 0.310. The zero-order valence-corrected chi connectivity index (χ0v) is 23.7. The van der Waals surface area contributed by atoms with E-state index < -0.39 is 0 Å². The Labute approximate surface area is 238 Å². The molecule has 3 amide bonds. The maximum absolute atomic E-state index is 13.3. The predicted molar refractivity (Wildman–Crippen MR) is 155 cm³/mol. The maximum atomic E-state index is 13.3. The first kappa shape index (κ1) is 26.8. The first-order valence-corrected chi connectivity index (χ1v) is 13.6. The number of anilines is 2. The van der Waals surface area contributed by atoms with Crippen molar-refractivity contribution in [2.24, 2.45) is 5.92 Å². The van der Waals surface area contributed by atoms with Gasteiger partial charge in [-0.25, -0.2) is 4.79 Å². The molecule has 1 unspecified atom stereocenters. The van der Waals surface area contributed by atoms with E-state index in [0.29, 0.717) is 52.6 Å². The highest BCUT2D eigenvalue weighted by molar-refractivity contribution is 6.40. The minimum atomic E-state index is -0.308. The average molecular weight is 572 g/mol. The SMILES string of the molecule is C[C@H]1CN(C(=O)CN(C)C)CC1c1cc(-c2ccccc2Cl)c2c(c1)N(c1c(Cl)cccc1Cl)C(=O)NC2. The highest BCUT2D eigenvalue weighted by Crippen LogP contribution is 2.46. The number of amides is 3. The normalized spacial score (nSPS) is 19.1. The molecular formula is C29H29Cl3N4O2. The average Bonchev–Trinajstić information content (AvgIpc) is 3.26. The van der Waals surface area contributed by atoms with Crippen LogP contribution in [0, 0.1) is 5.92 Å². The van der Waals surface area contributed by atoms with E-state index in [9.17, 15) is 9.59 Å². The summed E-state index contributed by atoms with van der Waals surface area (Å²) in [7, 11) is 3.79. The Balaban J connectivity index is 1.68. The number of likely N-dealkylation sites (tertiary alicyclic amines) is 1. The molecule has 38 heavy (non-hydrogen) atoms. The van der Waals surface area contributed by atoms with Gasteiger partial charge in [0.1, 0.15) is 0 Å².